The van der Waals surface area contributed by atoms with Gasteiger partial charge in [-0.05, 0) is 31.0 Å². The third-order valence-corrected chi connectivity index (χ3v) is 3.05. The summed E-state index contributed by atoms with van der Waals surface area (Å²) < 4.78 is 5.74. The van der Waals surface area contributed by atoms with Gasteiger partial charge in [0.2, 0.25) is 0 Å². The van der Waals surface area contributed by atoms with Gasteiger partial charge in [0.1, 0.15) is 17.1 Å². The number of phenols is 1. The number of aliphatic imine (C=N–C) groups is 1. The molecule has 3 aromatic rings. The van der Waals surface area contributed by atoms with E-state index in [1.807, 2.05) is 0 Å². The van der Waals surface area contributed by atoms with Gasteiger partial charge in [-0.3, -0.25) is 9.79 Å². The van der Waals surface area contributed by atoms with Gasteiger partial charge in [0.05, 0.1) is 11.1 Å². The van der Waals surface area contributed by atoms with E-state index in [1.165, 1.54) is 18.2 Å². The summed E-state index contributed by atoms with van der Waals surface area (Å²) in [4.78, 5) is 15.9. The predicted octanol–water partition coefficient (Wildman–Crippen LogP) is 3.50. The lowest BCUT2D eigenvalue weighted by Gasteiger charge is -2.06. The minimum atomic E-state index is -0.120. The fraction of sp³-hybridized carbons (Fsp3) is 0. The van der Waals surface area contributed by atoms with E-state index in [2.05, 4.69) is 11.7 Å². The van der Waals surface area contributed by atoms with Crippen LogP contribution in [0, 0.1) is 0 Å². The molecule has 0 aliphatic heterocycles. The van der Waals surface area contributed by atoms with Gasteiger partial charge in [0.25, 0.3) is 0 Å². The van der Waals surface area contributed by atoms with Crippen molar-refractivity contribution in [2.75, 3.05) is 0 Å². The van der Waals surface area contributed by atoms with E-state index in [4.69, 9.17) is 4.42 Å². The number of nitrogens with zero attached hydrogens (tertiary/aromatic N) is 1. The molecule has 20 heavy (non-hydrogen) atoms. The van der Waals surface area contributed by atoms with Crippen molar-refractivity contribution in [2.45, 2.75) is 0 Å². The summed E-state index contributed by atoms with van der Waals surface area (Å²) in [6, 6.07) is 13.1. The molecule has 0 spiro atoms. The van der Waals surface area contributed by atoms with Crippen LogP contribution in [-0.4, -0.2) is 11.8 Å². The van der Waals surface area contributed by atoms with Gasteiger partial charge >= 0.3 is 0 Å². The Hall–Kier alpha value is -2.88. The Labute approximate surface area is 114 Å². The Morgan fingerprint density at radius 1 is 1.10 bits per heavy atom. The monoisotopic (exact) mass is 265 g/mol. The molecule has 0 bridgehead atoms. The highest BCUT2D eigenvalue weighted by Crippen LogP contribution is 2.33. The standard InChI is InChI=1S/C16H11NO3/c1-17-13-8-10(18)6-7-11(13)16-9-14(19)12-4-2-3-5-15(12)20-16/h2-9,18H,1H2. The van der Waals surface area contributed by atoms with Crippen LogP contribution in [-0.2, 0) is 0 Å². The molecule has 1 N–H and O–H groups in total. The van der Waals surface area contributed by atoms with E-state index < -0.39 is 0 Å². The fourth-order valence-corrected chi connectivity index (χ4v) is 2.10. The van der Waals surface area contributed by atoms with Crippen molar-refractivity contribution >= 4 is 23.4 Å². The van der Waals surface area contributed by atoms with Crippen LogP contribution in [0.1, 0.15) is 0 Å². The van der Waals surface area contributed by atoms with E-state index in [0.29, 0.717) is 28.0 Å². The molecule has 2 aromatic carbocycles. The molecule has 4 heteroatoms. The summed E-state index contributed by atoms with van der Waals surface area (Å²) in [5.41, 5.74) is 1.46. The SMILES string of the molecule is C=Nc1cc(O)ccc1-c1cc(=O)c2ccccc2o1. The number of benzene rings is 2. The van der Waals surface area contributed by atoms with Crippen LogP contribution < -0.4 is 5.43 Å². The molecule has 0 saturated heterocycles. The highest BCUT2D eigenvalue weighted by molar-refractivity contribution is 5.81. The van der Waals surface area contributed by atoms with Gasteiger partial charge in [-0.2, -0.15) is 0 Å². The summed E-state index contributed by atoms with van der Waals surface area (Å²) in [6.07, 6.45) is 0. The number of hydrogen-bond acceptors (Lipinski definition) is 4. The number of rotatable bonds is 2. The average Bonchev–Trinajstić information content (AvgIpc) is 2.47. The topological polar surface area (TPSA) is 62.8 Å². The smallest absolute Gasteiger partial charge is 0.193 e. The first-order valence-electron chi connectivity index (χ1n) is 6.02. The Kier molecular flexibility index (Phi) is 2.84. The zero-order chi connectivity index (χ0) is 14.1. The Morgan fingerprint density at radius 2 is 1.90 bits per heavy atom. The Morgan fingerprint density at radius 3 is 2.70 bits per heavy atom. The molecule has 98 valence electrons. The minimum Gasteiger partial charge on any atom is -0.508 e. The molecule has 0 radical (unpaired) electrons. The predicted molar refractivity (Wildman–Crippen MR) is 78.8 cm³/mol. The van der Waals surface area contributed by atoms with Gasteiger partial charge < -0.3 is 9.52 Å². The molecular weight excluding hydrogens is 254 g/mol. The first kappa shape index (κ1) is 12.2. The number of aromatic hydroxyl groups is 1. The van der Waals surface area contributed by atoms with E-state index >= 15 is 0 Å². The molecule has 0 unspecified atom stereocenters. The normalized spacial score (nSPS) is 10.6. The minimum absolute atomic E-state index is 0.0827. The highest BCUT2D eigenvalue weighted by Gasteiger charge is 2.10. The lowest BCUT2D eigenvalue weighted by atomic mass is 10.1. The summed E-state index contributed by atoms with van der Waals surface area (Å²) in [5.74, 6) is 0.482. The Bertz CT molecular complexity index is 865. The van der Waals surface area contributed by atoms with E-state index in [0.717, 1.165) is 0 Å². The molecule has 0 saturated carbocycles. The van der Waals surface area contributed by atoms with Crippen LogP contribution in [0.15, 0.2) is 62.7 Å². The van der Waals surface area contributed by atoms with E-state index in [-0.39, 0.29) is 11.2 Å². The lowest BCUT2D eigenvalue weighted by molar-refractivity contribution is 0.475. The quantitative estimate of drug-likeness (QED) is 0.721. The van der Waals surface area contributed by atoms with Crippen molar-refractivity contribution in [3.8, 4) is 17.1 Å². The van der Waals surface area contributed by atoms with Crippen molar-refractivity contribution in [1.29, 1.82) is 0 Å². The lowest BCUT2D eigenvalue weighted by Crippen LogP contribution is -1.99. The maximum absolute atomic E-state index is 12.1. The average molecular weight is 265 g/mol. The Balaban J connectivity index is 2.30. The molecule has 0 aliphatic rings. The summed E-state index contributed by atoms with van der Waals surface area (Å²) in [6.45, 7) is 3.46. The van der Waals surface area contributed by atoms with Crippen molar-refractivity contribution in [1.82, 2.24) is 0 Å². The first-order valence-corrected chi connectivity index (χ1v) is 6.02. The first-order chi connectivity index (χ1) is 9.69. The third-order valence-electron chi connectivity index (χ3n) is 3.05. The van der Waals surface area contributed by atoms with E-state index in [9.17, 15) is 9.90 Å². The fourth-order valence-electron chi connectivity index (χ4n) is 2.10. The summed E-state index contributed by atoms with van der Waals surface area (Å²) in [7, 11) is 0. The second kappa shape index (κ2) is 4.66. The van der Waals surface area contributed by atoms with Gasteiger partial charge in [-0.1, -0.05) is 12.1 Å². The van der Waals surface area contributed by atoms with Gasteiger partial charge in [0.15, 0.2) is 5.43 Å². The van der Waals surface area contributed by atoms with Crippen LogP contribution in [0.4, 0.5) is 5.69 Å². The second-order valence-electron chi connectivity index (χ2n) is 4.33. The van der Waals surface area contributed by atoms with Crippen LogP contribution in [0.25, 0.3) is 22.3 Å². The van der Waals surface area contributed by atoms with Crippen molar-refractivity contribution in [2.24, 2.45) is 4.99 Å². The number of fused-ring (bicyclic) bond motifs is 1. The molecular formula is C16H11NO3. The molecule has 4 nitrogen and oxygen atoms in total. The number of phenolic OH excluding ortho intramolecular Hbond substituents is 1. The van der Waals surface area contributed by atoms with Gasteiger partial charge in [-0.25, -0.2) is 0 Å². The zero-order valence-corrected chi connectivity index (χ0v) is 10.5. The molecule has 1 heterocycles. The molecule has 1 aromatic heterocycles. The van der Waals surface area contributed by atoms with Crippen LogP contribution in [0.2, 0.25) is 0 Å². The van der Waals surface area contributed by atoms with Crippen molar-refractivity contribution < 1.29 is 9.52 Å². The van der Waals surface area contributed by atoms with Gasteiger partial charge in [0, 0.05) is 17.7 Å². The zero-order valence-electron chi connectivity index (χ0n) is 10.5. The van der Waals surface area contributed by atoms with Crippen molar-refractivity contribution in [3.63, 3.8) is 0 Å². The summed E-state index contributed by atoms with van der Waals surface area (Å²) in [5, 5.41) is 9.99. The number of hydrogen-bond donors (Lipinski definition) is 1. The van der Waals surface area contributed by atoms with Gasteiger partial charge in [-0.15, -0.1) is 0 Å². The molecule has 0 amide bonds. The van der Waals surface area contributed by atoms with Crippen LogP contribution in [0.3, 0.4) is 0 Å². The summed E-state index contributed by atoms with van der Waals surface area (Å²) >= 11 is 0. The van der Waals surface area contributed by atoms with Crippen LogP contribution >= 0.6 is 0 Å². The maximum atomic E-state index is 12.1. The number of para-hydroxylation sites is 1. The molecule has 0 atom stereocenters. The molecule has 0 fully saturated rings. The van der Waals surface area contributed by atoms with Crippen molar-refractivity contribution in [3.05, 3.63) is 58.8 Å². The maximum Gasteiger partial charge on any atom is 0.193 e. The van der Waals surface area contributed by atoms with Crippen LogP contribution in [0.5, 0.6) is 5.75 Å². The second-order valence-corrected chi connectivity index (χ2v) is 4.33. The molecule has 0 aliphatic carbocycles. The third kappa shape index (κ3) is 1.97. The molecule has 3 rings (SSSR count). The largest absolute Gasteiger partial charge is 0.508 e. The highest BCUT2D eigenvalue weighted by atomic mass is 16.3. The van der Waals surface area contributed by atoms with E-state index in [1.54, 1.807) is 30.3 Å².